The molecule has 1 aliphatic heterocycles. The van der Waals surface area contributed by atoms with Gasteiger partial charge in [0, 0.05) is 24.2 Å². The Morgan fingerprint density at radius 2 is 1.94 bits per heavy atom. The third kappa shape index (κ3) is 5.20. The third-order valence-corrected chi connectivity index (χ3v) is 6.36. The van der Waals surface area contributed by atoms with Gasteiger partial charge in [-0.15, -0.1) is 0 Å². The number of nitrogens with zero attached hydrogens (tertiary/aromatic N) is 2. The summed E-state index contributed by atoms with van der Waals surface area (Å²) in [6.07, 6.45) is 2.11. The van der Waals surface area contributed by atoms with Gasteiger partial charge in [0.25, 0.3) is 0 Å². The van der Waals surface area contributed by atoms with E-state index in [9.17, 15) is 9.59 Å². The lowest BCUT2D eigenvalue weighted by Gasteiger charge is -2.32. The van der Waals surface area contributed by atoms with E-state index in [2.05, 4.69) is 42.3 Å². The van der Waals surface area contributed by atoms with Gasteiger partial charge in [-0.05, 0) is 69.0 Å². The molecule has 1 saturated heterocycles. The van der Waals surface area contributed by atoms with E-state index in [4.69, 9.17) is 16.0 Å². The van der Waals surface area contributed by atoms with Crippen molar-refractivity contribution in [2.24, 2.45) is 5.92 Å². The molecule has 4 rings (SSSR count). The summed E-state index contributed by atoms with van der Waals surface area (Å²) < 4.78 is 6.53. The Labute approximate surface area is 186 Å². The summed E-state index contributed by atoms with van der Waals surface area (Å²) in [5.74, 6) is -0.278. The van der Waals surface area contributed by atoms with Gasteiger partial charge in [0.2, 0.25) is 5.91 Å². The highest BCUT2D eigenvalue weighted by atomic mass is 35.5. The van der Waals surface area contributed by atoms with Crippen LogP contribution < -0.4 is 11.1 Å². The van der Waals surface area contributed by atoms with Crippen molar-refractivity contribution in [3.05, 3.63) is 68.7 Å². The molecule has 31 heavy (non-hydrogen) atoms. The zero-order valence-electron chi connectivity index (χ0n) is 18.0. The Morgan fingerprint density at radius 1 is 1.16 bits per heavy atom. The molecule has 0 unspecified atom stereocenters. The lowest BCUT2D eigenvalue weighted by atomic mass is 9.96. The number of fused-ring (bicyclic) bond motifs is 1. The number of amides is 1. The molecule has 1 N–H and O–H groups in total. The van der Waals surface area contributed by atoms with Gasteiger partial charge in [-0.25, -0.2) is 4.79 Å². The third-order valence-electron chi connectivity index (χ3n) is 6.13. The molecule has 3 aromatic rings. The number of oxazole rings is 1. The van der Waals surface area contributed by atoms with Crippen LogP contribution in [0, 0.1) is 19.8 Å². The number of benzene rings is 2. The fourth-order valence-corrected chi connectivity index (χ4v) is 4.37. The topological polar surface area (TPSA) is 67.5 Å². The van der Waals surface area contributed by atoms with E-state index in [0.29, 0.717) is 28.6 Å². The predicted molar refractivity (Wildman–Crippen MR) is 122 cm³/mol. The van der Waals surface area contributed by atoms with Crippen LogP contribution in [0.15, 0.2) is 45.6 Å². The molecule has 0 spiro atoms. The molecule has 1 aromatic heterocycles. The summed E-state index contributed by atoms with van der Waals surface area (Å²) in [6, 6.07) is 11.6. The normalized spacial score (nSPS) is 15.5. The van der Waals surface area contributed by atoms with Gasteiger partial charge in [-0.2, -0.15) is 0 Å². The number of carbonyl (C=O) groups excluding carboxylic acids is 1. The molecule has 1 aliphatic rings. The first kappa shape index (κ1) is 21.7. The van der Waals surface area contributed by atoms with E-state index in [-0.39, 0.29) is 12.5 Å². The number of hydrogen-bond donors (Lipinski definition) is 1. The van der Waals surface area contributed by atoms with E-state index in [0.717, 1.165) is 32.5 Å². The summed E-state index contributed by atoms with van der Waals surface area (Å²) in [6.45, 7) is 7.91. The van der Waals surface area contributed by atoms with E-state index in [1.807, 2.05) is 0 Å². The second kappa shape index (κ2) is 9.28. The minimum absolute atomic E-state index is 0.0566. The van der Waals surface area contributed by atoms with Gasteiger partial charge < -0.3 is 9.73 Å². The number of halogens is 1. The molecule has 7 heteroatoms. The van der Waals surface area contributed by atoms with Crippen LogP contribution in [0.4, 0.5) is 0 Å². The maximum absolute atomic E-state index is 12.4. The average molecular weight is 442 g/mol. The second-order valence-corrected chi connectivity index (χ2v) is 8.96. The number of carbonyl (C=O) groups is 1. The van der Waals surface area contributed by atoms with Crippen molar-refractivity contribution in [3.63, 3.8) is 0 Å². The van der Waals surface area contributed by atoms with Crippen molar-refractivity contribution in [2.45, 2.75) is 39.8 Å². The Kier molecular flexibility index (Phi) is 6.49. The summed E-state index contributed by atoms with van der Waals surface area (Å²) in [5, 5.41) is 3.48. The maximum Gasteiger partial charge on any atom is 0.420 e. The SMILES string of the molecule is Cc1ccc(C)c(CN2CCC(CNC(=O)Cn3c(=O)oc4cc(Cl)ccc43)CC2)c1. The van der Waals surface area contributed by atoms with Crippen molar-refractivity contribution in [1.82, 2.24) is 14.8 Å². The van der Waals surface area contributed by atoms with Crippen molar-refractivity contribution in [1.29, 1.82) is 0 Å². The summed E-state index contributed by atoms with van der Waals surface area (Å²) >= 11 is 5.94. The van der Waals surface area contributed by atoms with E-state index >= 15 is 0 Å². The number of piperidine rings is 1. The summed E-state index contributed by atoms with van der Waals surface area (Å²) in [7, 11) is 0. The molecule has 2 aromatic carbocycles. The van der Waals surface area contributed by atoms with Gasteiger partial charge in [0.15, 0.2) is 5.58 Å². The van der Waals surface area contributed by atoms with Crippen LogP contribution in [0.2, 0.25) is 5.02 Å². The first-order valence-corrected chi connectivity index (χ1v) is 11.1. The fourth-order valence-electron chi connectivity index (χ4n) is 4.21. The fraction of sp³-hybridized carbons (Fsp3) is 0.417. The molecular weight excluding hydrogens is 414 g/mol. The zero-order valence-corrected chi connectivity index (χ0v) is 18.7. The number of nitrogens with one attached hydrogen (secondary N) is 1. The highest BCUT2D eigenvalue weighted by molar-refractivity contribution is 6.31. The van der Waals surface area contributed by atoms with Crippen LogP contribution in [0.1, 0.15) is 29.5 Å². The molecule has 0 radical (unpaired) electrons. The molecular formula is C24H28ClN3O3. The Balaban J connectivity index is 1.26. The van der Waals surface area contributed by atoms with Crippen molar-refractivity contribution < 1.29 is 9.21 Å². The van der Waals surface area contributed by atoms with Gasteiger partial charge in [-0.1, -0.05) is 35.4 Å². The smallest absolute Gasteiger partial charge is 0.408 e. The molecule has 1 fully saturated rings. The van der Waals surface area contributed by atoms with Crippen LogP contribution in [-0.4, -0.2) is 35.0 Å². The largest absolute Gasteiger partial charge is 0.420 e. The number of hydrogen-bond acceptors (Lipinski definition) is 4. The van der Waals surface area contributed by atoms with Gasteiger partial charge in [0.1, 0.15) is 6.54 Å². The van der Waals surface area contributed by atoms with Crippen LogP contribution in [0.25, 0.3) is 11.1 Å². The minimum atomic E-state index is -0.549. The number of aryl methyl sites for hydroxylation is 2. The monoisotopic (exact) mass is 441 g/mol. The number of aromatic nitrogens is 1. The van der Waals surface area contributed by atoms with Gasteiger partial charge >= 0.3 is 5.76 Å². The van der Waals surface area contributed by atoms with Gasteiger partial charge in [-0.3, -0.25) is 14.3 Å². The maximum atomic E-state index is 12.4. The van der Waals surface area contributed by atoms with Gasteiger partial charge in [0.05, 0.1) is 5.52 Å². The van der Waals surface area contributed by atoms with Crippen molar-refractivity contribution in [2.75, 3.05) is 19.6 Å². The molecule has 0 atom stereocenters. The molecule has 1 amide bonds. The highest BCUT2D eigenvalue weighted by Gasteiger charge is 2.21. The number of likely N-dealkylation sites (tertiary alicyclic amines) is 1. The zero-order chi connectivity index (χ0) is 22.0. The molecule has 164 valence electrons. The first-order valence-electron chi connectivity index (χ1n) is 10.7. The van der Waals surface area contributed by atoms with Crippen LogP contribution in [0.3, 0.4) is 0 Å². The van der Waals surface area contributed by atoms with Crippen LogP contribution in [-0.2, 0) is 17.9 Å². The average Bonchev–Trinajstić information content (AvgIpc) is 3.04. The summed E-state index contributed by atoms with van der Waals surface area (Å²) in [5.41, 5.74) is 4.99. The molecule has 6 nitrogen and oxygen atoms in total. The standard InChI is InChI=1S/C24H28ClN3O3/c1-16-3-4-17(2)19(11-16)14-27-9-7-18(8-10-27)13-26-23(29)15-28-21-6-5-20(25)12-22(21)31-24(28)30/h3-6,11-12,18H,7-10,13-15H2,1-2H3,(H,26,29). The van der Waals surface area contributed by atoms with Crippen molar-refractivity contribution >= 4 is 28.6 Å². The number of rotatable bonds is 6. The van der Waals surface area contributed by atoms with E-state index in [1.54, 1.807) is 18.2 Å². The molecule has 2 heterocycles. The lowest BCUT2D eigenvalue weighted by molar-refractivity contribution is -0.121. The second-order valence-electron chi connectivity index (χ2n) is 8.52. The van der Waals surface area contributed by atoms with Crippen LogP contribution >= 0.6 is 11.6 Å². The lowest BCUT2D eigenvalue weighted by Crippen LogP contribution is -2.39. The Hall–Kier alpha value is -2.57. The molecule has 0 bridgehead atoms. The molecule has 0 saturated carbocycles. The Morgan fingerprint density at radius 3 is 2.71 bits per heavy atom. The van der Waals surface area contributed by atoms with Crippen molar-refractivity contribution in [3.8, 4) is 0 Å². The summed E-state index contributed by atoms with van der Waals surface area (Å²) in [4.78, 5) is 27.0. The minimum Gasteiger partial charge on any atom is -0.408 e. The highest BCUT2D eigenvalue weighted by Crippen LogP contribution is 2.21. The Bertz CT molecular complexity index is 1140. The predicted octanol–water partition coefficient (Wildman–Crippen LogP) is 3.89. The van der Waals surface area contributed by atoms with Crippen LogP contribution in [0.5, 0.6) is 0 Å². The van der Waals surface area contributed by atoms with E-state index < -0.39 is 5.76 Å². The van der Waals surface area contributed by atoms with E-state index in [1.165, 1.54) is 21.3 Å². The first-order chi connectivity index (χ1) is 14.9. The quantitative estimate of drug-likeness (QED) is 0.630. The molecule has 0 aliphatic carbocycles.